The molecule has 0 aliphatic rings. The minimum absolute atomic E-state index is 0.00105. The number of sulfonamides is 1. The molecular formula is C19H17NO5S. The van der Waals surface area contributed by atoms with Crippen LogP contribution in [0.4, 0.5) is 5.69 Å². The highest BCUT2D eigenvalue weighted by Gasteiger charge is 2.13. The summed E-state index contributed by atoms with van der Waals surface area (Å²) in [4.78, 5) is 11.2. The number of para-hydroxylation sites is 1. The van der Waals surface area contributed by atoms with Gasteiger partial charge in [-0.25, -0.2) is 13.2 Å². The van der Waals surface area contributed by atoms with E-state index in [2.05, 4.69) is 10.6 Å². The first-order chi connectivity index (χ1) is 12.3. The van der Waals surface area contributed by atoms with Gasteiger partial charge in [-0.3, -0.25) is 4.72 Å². The van der Waals surface area contributed by atoms with E-state index in [1.165, 1.54) is 24.3 Å². The standard InChI is InChI=1S/C19H17NO5S/c1-3-11-25-18-9-8-15(13-14(18)2)10-12-26(23,24)20-17-7-5-4-6-16(17)19(21)22/h1,4-10,12-13,20H,11H2,2H3,(H,21,22)/b12-10+. The van der Waals surface area contributed by atoms with E-state index in [4.69, 9.17) is 16.3 Å². The average Bonchev–Trinajstić information content (AvgIpc) is 2.59. The lowest BCUT2D eigenvalue weighted by molar-refractivity contribution is 0.0698. The Labute approximate surface area is 152 Å². The van der Waals surface area contributed by atoms with Crippen LogP contribution < -0.4 is 9.46 Å². The zero-order chi connectivity index (χ0) is 19.2. The molecule has 0 saturated heterocycles. The number of hydrogen-bond donors (Lipinski definition) is 2. The summed E-state index contributed by atoms with van der Waals surface area (Å²) >= 11 is 0. The van der Waals surface area contributed by atoms with Crippen LogP contribution in [0.2, 0.25) is 0 Å². The predicted octanol–water partition coefficient (Wildman–Crippen LogP) is 3.12. The molecule has 2 aromatic carbocycles. The van der Waals surface area contributed by atoms with Crippen molar-refractivity contribution in [1.29, 1.82) is 0 Å². The molecule has 26 heavy (non-hydrogen) atoms. The first-order valence-corrected chi connectivity index (χ1v) is 9.07. The highest BCUT2D eigenvalue weighted by atomic mass is 32.2. The highest BCUT2D eigenvalue weighted by molar-refractivity contribution is 7.95. The van der Waals surface area contributed by atoms with Crippen molar-refractivity contribution < 1.29 is 23.1 Å². The topological polar surface area (TPSA) is 92.7 Å². The van der Waals surface area contributed by atoms with Gasteiger partial charge in [-0.15, -0.1) is 6.42 Å². The van der Waals surface area contributed by atoms with Crippen molar-refractivity contribution in [1.82, 2.24) is 0 Å². The number of rotatable bonds is 7. The second-order valence-corrected chi connectivity index (χ2v) is 6.88. The van der Waals surface area contributed by atoms with Gasteiger partial charge in [-0.2, -0.15) is 0 Å². The van der Waals surface area contributed by atoms with Gasteiger partial charge >= 0.3 is 5.97 Å². The van der Waals surface area contributed by atoms with E-state index in [0.717, 1.165) is 11.0 Å². The van der Waals surface area contributed by atoms with E-state index in [-0.39, 0.29) is 17.9 Å². The lowest BCUT2D eigenvalue weighted by Gasteiger charge is -2.08. The Balaban J connectivity index is 2.18. The predicted molar refractivity (Wildman–Crippen MR) is 100 cm³/mol. The molecule has 0 spiro atoms. The van der Waals surface area contributed by atoms with Gasteiger partial charge in [0.15, 0.2) is 0 Å². The molecule has 0 heterocycles. The SMILES string of the molecule is C#CCOc1ccc(/C=C/S(=O)(=O)Nc2ccccc2C(=O)O)cc1C. The monoisotopic (exact) mass is 371 g/mol. The molecule has 2 N–H and O–H groups in total. The quantitative estimate of drug-likeness (QED) is 0.730. The minimum atomic E-state index is -3.88. The fraction of sp³-hybridized carbons (Fsp3) is 0.105. The molecule has 134 valence electrons. The minimum Gasteiger partial charge on any atom is -0.481 e. The van der Waals surface area contributed by atoms with Crippen molar-refractivity contribution in [2.45, 2.75) is 6.92 Å². The molecule has 0 aromatic heterocycles. The third kappa shape index (κ3) is 5.13. The summed E-state index contributed by atoms with van der Waals surface area (Å²) in [6.07, 6.45) is 6.55. The fourth-order valence-electron chi connectivity index (χ4n) is 2.17. The van der Waals surface area contributed by atoms with Crippen LogP contribution in [-0.4, -0.2) is 26.1 Å². The van der Waals surface area contributed by atoms with Crippen LogP contribution in [0.15, 0.2) is 47.9 Å². The first kappa shape index (κ1) is 19.1. The van der Waals surface area contributed by atoms with Gasteiger partial charge < -0.3 is 9.84 Å². The van der Waals surface area contributed by atoms with E-state index in [1.54, 1.807) is 24.3 Å². The van der Waals surface area contributed by atoms with Crippen molar-refractivity contribution in [3.63, 3.8) is 0 Å². The molecule has 0 fully saturated rings. The molecular weight excluding hydrogens is 354 g/mol. The molecule has 0 amide bonds. The van der Waals surface area contributed by atoms with Gasteiger partial charge in [0.05, 0.1) is 16.7 Å². The molecule has 0 aliphatic carbocycles. The Morgan fingerprint density at radius 3 is 2.69 bits per heavy atom. The number of anilines is 1. The maximum atomic E-state index is 12.2. The number of carboxylic acids is 1. The van der Waals surface area contributed by atoms with Crippen molar-refractivity contribution >= 4 is 27.8 Å². The van der Waals surface area contributed by atoms with Gasteiger partial charge in [0.1, 0.15) is 12.4 Å². The van der Waals surface area contributed by atoms with Crippen LogP contribution >= 0.6 is 0 Å². The smallest absolute Gasteiger partial charge is 0.337 e. The van der Waals surface area contributed by atoms with E-state index in [9.17, 15) is 13.2 Å². The van der Waals surface area contributed by atoms with Crippen molar-refractivity contribution in [2.24, 2.45) is 0 Å². The van der Waals surface area contributed by atoms with E-state index in [0.29, 0.717) is 11.3 Å². The number of benzene rings is 2. The van der Waals surface area contributed by atoms with Crippen molar-refractivity contribution in [3.05, 3.63) is 64.6 Å². The van der Waals surface area contributed by atoms with Gasteiger partial charge in [-0.1, -0.05) is 24.1 Å². The van der Waals surface area contributed by atoms with Gasteiger partial charge in [-0.05, 0) is 48.4 Å². The average molecular weight is 371 g/mol. The number of aromatic carboxylic acids is 1. The van der Waals surface area contributed by atoms with Gasteiger partial charge in [0, 0.05) is 0 Å². The Bertz CT molecular complexity index is 987. The van der Waals surface area contributed by atoms with E-state index < -0.39 is 16.0 Å². The number of aryl methyl sites for hydroxylation is 1. The molecule has 0 bridgehead atoms. The van der Waals surface area contributed by atoms with Crippen molar-refractivity contribution in [2.75, 3.05) is 11.3 Å². The molecule has 0 saturated carbocycles. The largest absolute Gasteiger partial charge is 0.481 e. The summed E-state index contributed by atoms with van der Waals surface area (Å²) < 4.78 is 32.0. The summed E-state index contributed by atoms with van der Waals surface area (Å²) in [6.45, 7) is 1.97. The Kier molecular flexibility index (Phi) is 6.04. The van der Waals surface area contributed by atoms with Gasteiger partial charge in [0.2, 0.25) is 0 Å². The van der Waals surface area contributed by atoms with Crippen LogP contribution in [-0.2, 0) is 10.0 Å². The molecule has 0 atom stereocenters. The van der Waals surface area contributed by atoms with E-state index >= 15 is 0 Å². The number of hydrogen-bond acceptors (Lipinski definition) is 4. The van der Waals surface area contributed by atoms with Crippen LogP contribution in [0.5, 0.6) is 5.75 Å². The third-order valence-electron chi connectivity index (χ3n) is 3.36. The van der Waals surface area contributed by atoms with Crippen LogP contribution in [0.25, 0.3) is 6.08 Å². The molecule has 7 heteroatoms. The second-order valence-electron chi connectivity index (χ2n) is 5.32. The maximum Gasteiger partial charge on any atom is 0.337 e. The number of ether oxygens (including phenoxy) is 1. The maximum absolute atomic E-state index is 12.2. The van der Waals surface area contributed by atoms with Crippen LogP contribution in [0, 0.1) is 19.3 Å². The molecule has 0 radical (unpaired) electrons. The zero-order valence-corrected chi connectivity index (χ0v) is 14.8. The highest BCUT2D eigenvalue weighted by Crippen LogP contribution is 2.21. The molecule has 2 aromatic rings. The van der Waals surface area contributed by atoms with Gasteiger partial charge in [0.25, 0.3) is 10.0 Å². The lowest BCUT2D eigenvalue weighted by atomic mass is 10.1. The summed E-state index contributed by atoms with van der Waals surface area (Å²) in [7, 11) is -3.88. The normalized spacial score (nSPS) is 11.1. The molecule has 0 unspecified atom stereocenters. The number of nitrogens with one attached hydrogen (secondary N) is 1. The van der Waals surface area contributed by atoms with E-state index in [1.807, 2.05) is 6.92 Å². The second kappa shape index (κ2) is 8.23. The van der Waals surface area contributed by atoms with Crippen LogP contribution in [0.1, 0.15) is 21.5 Å². The molecule has 0 aliphatic heterocycles. The molecule has 2 rings (SSSR count). The Hall–Kier alpha value is -3.24. The van der Waals surface area contributed by atoms with Crippen molar-refractivity contribution in [3.8, 4) is 18.1 Å². The first-order valence-electron chi connectivity index (χ1n) is 7.52. The zero-order valence-electron chi connectivity index (χ0n) is 14.0. The number of terminal acetylenes is 1. The fourth-order valence-corrected chi connectivity index (χ4v) is 3.06. The summed E-state index contributed by atoms with van der Waals surface area (Å²) in [5, 5.41) is 10.1. The lowest BCUT2D eigenvalue weighted by Crippen LogP contribution is -2.12. The summed E-state index contributed by atoms with van der Waals surface area (Å²) in [5.41, 5.74) is 1.32. The number of carboxylic acid groups (broad SMARTS) is 1. The Morgan fingerprint density at radius 1 is 1.31 bits per heavy atom. The summed E-state index contributed by atoms with van der Waals surface area (Å²) in [6, 6.07) is 10.9. The Morgan fingerprint density at radius 2 is 2.04 bits per heavy atom. The number of carbonyl (C=O) groups is 1. The summed E-state index contributed by atoms with van der Waals surface area (Å²) in [5.74, 6) is 1.78. The third-order valence-corrected chi connectivity index (χ3v) is 4.36. The molecule has 6 nitrogen and oxygen atoms in total. The van der Waals surface area contributed by atoms with Crippen LogP contribution in [0.3, 0.4) is 0 Å².